The Morgan fingerprint density at radius 2 is 1.80 bits per heavy atom. The van der Waals surface area contributed by atoms with Crippen LogP contribution >= 0.6 is 0 Å². The van der Waals surface area contributed by atoms with Crippen LogP contribution < -0.4 is 16.0 Å². The molecule has 0 aliphatic heterocycles. The Hall–Kier alpha value is -3.48. The van der Waals surface area contributed by atoms with E-state index in [1.807, 2.05) is 39.0 Å². The van der Waals surface area contributed by atoms with Crippen molar-refractivity contribution >= 4 is 17.7 Å². The van der Waals surface area contributed by atoms with E-state index in [1.165, 1.54) is 5.56 Å². The minimum atomic E-state index is -0.511. The molecule has 0 unspecified atom stereocenters. The van der Waals surface area contributed by atoms with E-state index in [2.05, 4.69) is 73.9 Å². The van der Waals surface area contributed by atoms with E-state index in [0.29, 0.717) is 11.5 Å². The van der Waals surface area contributed by atoms with Gasteiger partial charge >= 0.3 is 5.69 Å². The van der Waals surface area contributed by atoms with Crippen LogP contribution in [0.2, 0.25) is 0 Å². The Bertz CT molecular complexity index is 1040. The van der Waals surface area contributed by atoms with Gasteiger partial charge in [0.05, 0.1) is 6.21 Å². The summed E-state index contributed by atoms with van der Waals surface area (Å²) in [5.74, 6) is 0.360. The van der Waals surface area contributed by atoms with Crippen molar-refractivity contribution in [1.82, 2.24) is 15.2 Å². The first-order valence-electron chi connectivity index (χ1n) is 10.0. The molecule has 0 bridgehead atoms. The highest BCUT2D eigenvalue weighted by Crippen LogP contribution is 2.24. The summed E-state index contributed by atoms with van der Waals surface area (Å²) in [5, 5.41) is 10.7. The fraction of sp³-hybridized carbons (Fsp3) is 0.304. The van der Waals surface area contributed by atoms with Gasteiger partial charge in [0.15, 0.2) is 5.82 Å². The highest BCUT2D eigenvalue weighted by molar-refractivity contribution is 5.81. The minimum absolute atomic E-state index is 0.279. The summed E-state index contributed by atoms with van der Waals surface area (Å²) in [6.07, 6.45) is 1.70. The molecular formula is C23H28N6O. The van der Waals surface area contributed by atoms with Crippen molar-refractivity contribution in [2.24, 2.45) is 5.10 Å². The first-order valence-corrected chi connectivity index (χ1v) is 10.0. The van der Waals surface area contributed by atoms with Crippen LogP contribution in [0.25, 0.3) is 0 Å². The molecule has 3 rings (SSSR count). The van der Waals surface area contributed by atoms with Gasteiger partial charge in [-0.15, -0.1) is 0 Å². The fourth-order valence-corrected chi connectivity index (χ4v) is 3.07. The predicted molar refractivity (Wildman–Crippen MR) is 122 cm³/mol. The molecule has 0 atom stereocenters. The number of hydrogen-bond acceptors (Lipinski definition) is 6. The number of hydrogen-bond donors (Lipinski definition) is 2. The Morgan fingerprint density at radius 3 is 2.43 bits per heavy atom. The number of anilines is 2. The number of benzene rings is 2. The molecule has 0 aliphatic carbocycles. The number of H-pyrrole nitrogens is 1. The second kappa shape index (κ2) is 9.35. The number of nitrogens with one attached hydrogen (secondary N) is 2. The quantitative estimate of drug-likeness (QED) is 0.460. The van der Waals surface area contributed by atoms with Crippen LogP contribution in [0.4, 0.5) is 11.5 Å². The molecule has 1 aromatic heterocycles. The first kappa shape index (κ1) is 21.2. The summed E-state index contributed by atoms with van der Waals surface area (Å²) >= 11 is 0. The van der Waals surface area contributed by atoms with Crippen LogP contribution in [-0.2, 0) is 12.0 Å². The number of hydrazone groups is 1. The van der Waals surface area contributed by atoms with E-state index < -0.39 is 5.69 Å². The highest BCUT2D eigenvalue weighted by Gasteiger charge is 2.21. The van der Waals surface area contributed by atoms with Crippen LogP contribution in [0.1, 0.15) is 44.5 Å². The maximum Gasteiger partial charge on any atom is 0.363 e. The number of rotatable bonds is 7. The van der Waals surface area contributed by atoms with Gasteiger partial charge in [-0.25, -0.2) is 9.89 Å². The van der Waals surface area contributed by atoms with Crippen LogP contribution in [0.15, 0.2) is 64.5 Å². The lowest BCUT2D eigenvalue weighted by molar-refractivity contribution is 0.553. The van der Waals surface area contributed by atoms with E-state index in [0.717, 1.165) is 24.3 Å². The molecule has 0 spiro atoms. The van der Waals surface area contributed by atoms with Gasteiger partial charge < -0.3 is 4.90 Å². The maximum atomic E-state index is 11.5. The lowest BCUT2D eigenvalue weighted by atomic mass is 9.92. The molecule has 156 valence electrons. The topological polar surface area (TPSA) is 86.3 Å². The number of aromatic nitrogens is 3. The standard InChI is InChI=1S/C23H28N6O/c1-5-29(16-18-9-7-6-8-10-18)19-13-11-17(12-14-19)15-24-27-21-20(23(2,3)4)26-28-22(30)25-21/h6-15H,5,16H2,1-4H3,(H2,25,27,28,30)/b24-15+. The Morgan fingerprint density at radius 1 is 1.10 bits per heavy atom. The van der Waals surface area contributed by atoms with E-state index in [4.69, 9.17) is 0 Å². The number of nitrogens with zero attached hydrogens (tertiary/aromatic N) is 4. The van der Waals surface area contributed by atoms with Gasteiger partial charge in [-0.2, -0.15) is 15.2 Å². The third kappa shape index (κ3) is 5.53. The van der Waals surface area contributed by atoms with Gasteiger partial charge in [0, 0.05) is 24.2 Å². The van der Waals surface area contributed by atoms with Crippen molar-refractivity contribution in [3.8, 4) is 0 Å². The van der Waals surface area contributed by atoms with Gasteiger partial charge in [0.2, 0.25) is 0 Å². The van der Waals surface area contributed by atoms with Crippen molar-refractivity contribution in [3.63, 3.8) is 0 Å². The van der Waals surface area contributed by atoms with E-state index in [1.54, 1.807) is 6.21 Å². The van der Waals surface area contributed by atoms with Crippen molar-refractivity contribution in [3.05, 3.63) is 81.9 Å². The summed E-state index contributed by atoms with van der Waals surface area (Å²) in [7, 11) is 0. The normalized spacial score (nSPS) is 11.6. The van der Waals surface area contributed by atoms with Crippen molar-refractivity contribution in [2.45, 2.75) is 39.7 Å². The van der Waals surface area contributed by atoms with E-state index >= 15 is 0 Å². The predicted octanol–water partition coefficient (Wildman–Crippen LogP) is 3.93. The van der Waals surface area contributed by atoms with Crippen LogP contribution in [0.3, 0.4) is 0 Å². The second-order valence-corrected chi connectivity index (χ2v) is 8.05. The first-order chi connectivity index (χ1) is 14.4. The highest BCUT2D eigenvalue weighted by atomic mass is 16.1. The van der Waals surface area contributed by atoms with Gasteiger partial charge in [-0.1, -0.05) is 63.2 Å². The fourth-order valence-electron chi connectivity index (χ4n) is 3.07. The summed E-state index contributed by atoms with van der Waals surface area (Å²) < 4.78 is 0. The molecule has 30 heavy (non-hydrogen) atoms. The van der Waals surface area contributed by atoms with Crippen molar-refractivity contribution in [2.75, 3.05) is 16.9 Å². The molecule has 2 N–H and O–H groups in total. The van der Waals surface area contributed by atoms with E-state index in [-0.39, 0.29) is 5.41 Å². The Kier molecular flexibility index (Phi) is 6.61. The molecule has 0 fully saturated rings. The zero-order valence-electron chi connectivity index (χ0n) is 17.9. The summed E-state index contributed by atoms with van der Waals surface area (Å²) in [5.41, 5.74) is 6.09. The molecule has 0 saturated heterocycles. The van der Waals surface area contributed by atoms with Crippen LogP contribution in [0, 0.1) is 0 Å². The number of aromatic amines is 1. The lowest BCUT2D eigenvalue weighted by Gasteiger charge is -2.23. The van der Waals surface area contributed by atoms with E-state index in [9.17, 15) is 4.79 Å². The molecule has 2 aromatic carbocycles. The maximum absolute atomic E-state index is 11.5. The third-order valence-corrected chi connectivity index (χ3v) is 4.65. The van der Waals surface area contributed by atoms with Gasteiger partial charge in [0.1, 0.15) is 5.69 Å². The largest absolute Gasteiger partial charge is 0.367 e. The Labute approximate surface area is 176 Å². The molecule has 1 heterocycles. The molecule has 0 saturated carbocycles. The lowest BCUT2D eigenvalue weighted by Crippen LogP contribution is -2.24. The zero-order chi connectivity index (χ0) is 21.6. The average Bonchev–Trinajstić information content (AvgIpc) is 2.72. The molecule has 0 radical (unpaired) electrons. The Balaban J connectivity index is 1.69. The molecular weight excluding hydrogens is 376 g/mol. The third-order valence-electron chi connectivity index (χ3n) is 4.65. The summed E-state index contributed by atoms with van der Waals surface area (Å²) in [6, 6.07) is 18.6. The van der Waals surface area contributed by atoms with Crippen LogP contribution in [0.5, 0.6) is 0 Å². The van der Waals surface area contributed by atoms with Crippen molar-refractivity contribution < 1.29 is 0 Å². The van der Waals surface area contributed by atoms with Crippen molar-refractivity contribution in [1.29, 1.82) is 0 Å². The SMILES string of the molecule is CCN(Cc1ccccc1)c1ccc(/C=N/Nc2nc(=O)[nH]nc2C(C)(C)C)cc1. The summed E-state index contributed by atoms with van der Waals surface area (Å²) in [4.78, 5) is 17.8. The molecule has 7 heteroatoms. The van der Waals surface area contributed by atoms with Gasteiger partial charge in [-0.05, 0) is 30.2 Å². The molecule has 7 nitrogen and oxygen atoms in total. The average molecular weight is 405 g/mol. The molecule has 3 aromatic rings. The smallest absolute Gasteiger partial charge is 0.363 e. The minimum Gasteiger partial charge on any atom is -0.367 e. The molecule has 0 amide bonds. The zero-order valence-corrected chi connectivity index (χ0v) is 17.9. The summed E-state index contributed by atoms with van der Waals surface area (Å²) in [6.45, 7) is 9.93. The second-order valence-electron chi connectivity index (χ2n) is 8.05. The molecule has 0 aliphatic rings. The van der Waals surface area contributed by atoms with Crippen LogP contribution in [-0.4, -0.2) is 27.9 Å². The van der Waals surface area contributed by atoms with Gasteiger partial charge in [0.25, 0.3) is 0 Å². The monoisotopic (exact) mass is 404 g/mol. The van der Waals surface area contributed by atoms with Gasteiger partial charge in [-0.3, -0.25) is 5.43 Å².